The molecule has 1 fully saturated rings. The third-order valence-corrected chi connectivity index (χ3v) is 4.08. The Hall–Kier alpha value is -1.59. The number of nitrogens with one attached hydrogen (secondary N) is 2. The SMILES string of the molecule is CCC1(C(=O)Nc2ccc(C(=O)N(C)C)cc2)CCCN1.Cl. The van der Waals surface area contributed by atoms with Crippen molar-refractivity contribution in [2.24, 2.45) is 0 Å². The van der Waals surface area contributed by atoms with Gasteiger partial charge in [0.2, 0.25) is 5.91 Å². The van der Waals surface area contributed by atoms with Crippen LogP contribution in [0.15, 0.2) is 24.3 Å². The molecule has 6 heteroatoms. The smallest absolute Gasteiger partial charge is 0.253 e. The Morgan fingerprint density at radius 2 is 1.91 bits per heavy atom. The number of hydrogen-bond donors (Lipinski definition) is 2. The van der Waals surface area contributed by atoms with Gasteiger partial charge in [-0.3, -0.25) is 9.59 Å². The van der Waals surface area contributed by atoms with E-state index in [1.54, 1.807) is 38.4 Å². The Bertz CT molecular complexity index is 523. The molecule has 1 saturated heterocycles. The second-order valence-electron chi connectivity index (χ2n) is 5.70. The van der Waals surface area contributed by atoms with Gasteiger partial charge < -0.3 is 15.5 Å². The normalized spacial score (nSPS) is 20.1. The van der Waals surface area contributed by atoms with Crippen LogP contribution in [0.1, 0.15) is 36.5 Å². The number of anilines is 1. The first-order chi connectivity index (χ1) is 9.98. The van der Waals surface area contributed by atoms with E-state index in [1.165, 1.54) is 4.90 Å². The highest BCUT2D eigenvalue weighted by molar-refractivity contribution is 5.99. The largest absolute Gasteiger partial charge is 0.345 e. The quantitative estimate of drug-likeness (QED) is 0.892. The second kappa shape index (κ2) is 7.61. The van der Waals surface area contributed by atoms with Gasteiger partial charge in [0.15, 0.2) is 0 Å². The number of amides is 2. The average molecular weight is 326 g/mol. The summed E-state index contributed by atoms with van der Waals surface area (Å²) < 4.78 is 0. The van der Waals surface area contributed by atoms with Gasteiger partial charge in [-0.05, 0) is 50.1 Å². The first kappa shape index (κ1) is 18.5. The molecule has 1 aliphatic heterocycles. The van der Waals surface area contributed by atoms with Gasteiger partial charge in [0.05, 0.1) is 5.54 Å². The summed E-state index contributed by atoms with van der Waals surface area (Å²) in [6.45, 7) is 2.91. The number of rotatable bonds is 4. The third-order valence-electron chi connectivity index (χ3n) is 4.08. The van der Waals surface area contributed by atoms with Crippen LogP contribution in [0.25, 0.3) is 0 Å². The summed E-state index contributed by atoms with van der Waals surface area (Å²) in [6.07, 6.45) is 2.67. The Balaban J connectivity index is 0.00000242. The van der Waals surface area contributed by atoms with Crippen molar-refractivity contribution in [1.29, 1.82) is 0 Å². The van der Waals surface area contributed by atoms with Gasteiger partial charge in [-0.2, -0.15) is 0 Å². The highest BCUT2D eigenvalue weighted by Crippen LogP contribution is 2.25. The number of carbonyl (C=O) groups excluding carboxylic acids is 2. The zero-order valence-electron chi connectivity index (χ0n) is 13.3. The van der Waals surface area contributed by atoms with E-state index in [9.17, 15) is 9.59 Å². The Morgan fingerprint density at radius 3 is 2.36 bits per heavy atom. The number of carbonyl (C=O) groups is 2. The van der Waals surface area contributed by atoms with E-state index in [2.05, 4.69) is 10.6 Å². The summed E-state index contributed by atoms with van der Waals surface area (Å²) >= 11 is 0. The maximum Gasteiger partial charge on any atom is 0.253 e. The van der Waals surface area contributed by atoms with Crippen molar-refractivity contribution in [1.82, 2.24) is 10.2 Å². The number of hydrogen-bond acceptors (Lipinski definition) is 3. The summed E-state index contributed by atoms with van der Waals surface area (Å²) in [5.41, 5.74) is 0.886. The molecule has 1 aromatic carbocycles. The van der Waals surface area contributed by atoms with Crippen LogP contribution in [-0.4, -0.2) is 42.9 Å². The predicted molar refractivity (Wildman–Crippen MR) is 90.6 cm³/mol. The molecule has 0 aliphatic carbocycles. The molecule has 0 aromatic heterocycles. The van der Waals surface area contributed by atoms with Crippen LogP contribution < -0.4 is 10.6 Å². The van der Waals surface area contributed by atoms with Gasteiger partial charge in [-0.25, -0.2) is 0 Å². The van der Waals surface area contributed by atoms with Crippen LogP contribution in [0.2, 0.25) is 0 Å². The Kier molecular flexibility index (Phi) is 6.38. The van der Waals surface area contributed by atoms with Gasteiger partial charge in [-0.1, -0.05) is 6.92 Å². The average Bonchev–Trinajstić information content (AvgIpc) is 2.97. The minimum absolute atomic E-state index is 0. The van der Waals surface area contributed by atoms with E-state index >= 15 is 0 Å². The highest BCUT2D eigenvalue weighted by Gasteiger charge is 2.38. The first-order valence-corrected chi connectivity index (χ1v) is 7.37. The fourth-order valence-corrected chi connectivity index (χ4v) is 2.67. The number of halogens is 1. The van der Waals surface area contributed by atoms with Crippen LogP contribution in [0.5, 0.6) is 0 Å². The summed E-state index contributed by atoms with van der Waals surface area (Å²) in [7, 11) is 3.43. The minimum Gasteiger partial charge on any atom is -0.345 e. The van der Waals surface area contributed by atoms with Crippen LogP contribution in [-0.2, 0) is 4.79 Å². The molecule has 0 spiro atoms. The second-order valence-corrected chi connectivity index (χ2v) is 5.70. The van der Waals surface area contributed by atoms with Gasteiger partial charge in [-0.15, -0.1) is 12.4 Å². The molecular weight excluding hydrogens is 302 g/mol. The fourth-order valence-electron chi connectivity index (χ4n) is 2.67. The van der Waals surface area contributed by atoms with Gasteiger partial charge in [0, 0.05) is 25.3 Å². The van der Waals surface area contributed by atoms with Crippen LogP contribution >= 0.6 is 12.4 Å². The van der Waals surface area contributed by atoms with Crippen molar-refractivity contribution in [2.75, 3.05) is 26.0 Å². The summed E-state index contributed by atoms with van der Waals surface area (Å²) in [5.74, 6) is -0.0375. The molecule has 1 unspecified atom stereocenters. The van der Waals surface area contributed by atoms with Crippen LogP contribution in [0.4, 0.5) is 5.69 Å². The molecule has 1 aliphatic rings. The van der Waals surface area contributed by atoms with E-state index < -0.39 is 5.54 Å². The van der Waals surface area contributed by atoms with Gasteiger partial charge in [0.25, 0.3) is 5.91 Å². The standard InChI is InChI=1S/C16H23N3O2.ClH/c1-4-16(10-5-11-17-16)15(21)18-13-8-6-12(7-9-13)14(20)19(2)3;/h6-9,17H,4-5,10-11H2,1-3H3,(H,18,21);1H. The minimum atomic E-state index is -0.446. The summed E-state index contributed by atoms with van der Waals surface area (Å²) in [6, 6.07) is 7.01. The van der Waals surface area contributed by atoms with Crippen molar-refractivity contribution in [2.45, 2.75) is 31.7 Å². The van der Waals surface area contributed by atoms with Crippen molar-refractivity contribution >= 4 is 29.9 Å². The molecule has 122 valence electrons. The molecule has 0 saturated carbocycles. The Labute approximate surface area is 137 Å². The lowest BCUT2D eigenvalue weighted by Gasteiger charge is -2.26. The van der Waals surface area contributed by atoms with Crippen molar-refractivity contribution in [3.63, 3.8) is 0 Å². The fraction of sp³-hybridized carbons (Fsp3) is 0.500. The van der Waals surface area contributed by atoms with Gasteiger partial charge in [0.1, 0.15) is 0 Å². The predicted octanol–water partition coefficient (Wildman–Crippen LogP) is 2.28. The van der Waals surface area contributed by atoms with Crippen molar-refractivity contribution in [3.8, 4) is 0 Å². The zero-order valence-corrected chi connectivity index (χ0v) is 14.1. The molecule has 2 amide bonds. The lowest BCUT2D eigenvalue weighted by atomic mass is 9.93. The molecule has 22 heavy (non-hydrogen) atoms. The van der Waals surface area contributed by atoms with Crippen LogP contribution in [0.3, 0.4) is 0 Å². The maximum atomic E-state index is 12.4. The van der Waals surface area contributed by atoms with Crippen molar-refractivity contribution in [3.05, 3.63) is 29.8 Å². The molecule has 5 nitrogen and oxygen atoms in total. The zero-order chi connectivity index (χ0) is 15.5. The number of nitrogens with zero attached hydrogens (tertiary/aromatic N) is 1. The molecule has 0 radical (unpaired) electrons. The molecule has 2 rings (SSSR count). The number of benzene rings is 1. The Morgan fingerprint density at radius 1 is 1.27 bits per heavy atom. The molecule has 1 heterocycles. The van der Waals surface area contributed by atoms with Crippen molar-refractivity contribution < 1.29 is 9.59 Å². The lowest BCUT2D eigenvalue weighted by molar-refractivity contribution is -0.122. The highest BCUT2D eigenvalue weighted by atomic mass is 35.5. The molecular formula is C16H24ClN3O2. The first-order valence-electron chi connectivity index (χ1n) is 7.37. The summed E-state index contributed by atoms with van der Waals surface area (Å²) in [4.78, 5) is 25.8. The van der Waals surface area contributed by atoms with E-state index in [4.69, 9.17) is 0 Å². The molecule has 1 atom stereocenters. The van der Waals surface area contributed by atoms with E-state index in [-0.39, 0.29) is 24.2 Å². The van der Waals surface area contributed by atoms with E-state index in [0.717, 1.165) is 31.5 Å². The van der Waals surface area contributed by atoms with Crippen LogP contribution in [0, 0.1) is 0 Å². The lowest BCUT2D eigenvalue weighted by Crippen LogP contribution is -2.50. The van der Waals surface area contributed by atoms with E-state index in [0.29, 0.717) is 5.56 Å². The summed E-state index contributed by atoms with van der Waals surface area (Å²) in [5, 5.41) is 6.26. The van der Waals surface area contributed by atoms with E-state index in [1.807, 2.05) is 6.92 Å². The van der Waals surface area contributed by atoms with Gasteiger partial charge >= 0.3 is 0 Å². The topological polar surface area (TPSA) is 61.4 Å². The molecule has 2 N–H and O–H groups in total. The maximum absolute atomic E-state index is 12.4. The monoisotopic (exact) mass is 325 g/mol. The third kappa shape index (κ3) is 3.78. The molecule has 0 bridgehead atoms. The molecule has 1 aromatic rings.